The van der Waals surface area contributed by atoms with E-state index in [4.69, 9.17) is 0 Å². The fraction of sp³-hybridized carbons (Fsp3) is 0.536. The molecule has 36 heavy (non-hydrogen) atoms. The maximum absolute atomic E-state index is 14.0. The van der Waals surface area contributed by atoms with Gasteiger partial charge >= 0.3 is 6.03 Å². The number of benzene rings is 1. The van der Waals surface area contributed by atoms with Crippen LogP contribution < -0.4 is 5.32 Å². The number of halogens is 1. The van der Waals surface area contributed by atoms with Gasteiger partial charge in [0.05, 0.1) is 17.4 Å². The second-order valence-electron chi connectivity index (χ2n) is 11.0. The van der Waals surface area contributed by atoms with Crippen LogP contribution in [0.1, 0.15) is 50.5 Å². The van der Waals surface area contributed by atoms with Crippen molar-refractivity contribution in [3.63, 3.8) is 0 Å². The third kappa shape index (κ3) is 4.47. The van der Waals surface area contributed by atoms with Gasteiger partial charge in [0, 0.05) is 24.8 Å². The Morgan fingerprint density at radius 2 is 1.86 bits per heavy atom. The Hall–Kier alpha value is -3.00. The molecule has 5 rings (SSSR count). The molecule has 0 bridgehead atoms. The van der Waals surface area contributed by atoms with Crippen LogP contribution in [0.25, 0.3) is 0 Å². The van der Waals surface area contributed by atoms with Crippen LogP contribution in [0.3, 0.4) is 0 Å². The molecule has 3 fully saturated rings. The molecule has 3 aliphatic rings. The Balaban J connectivity index is 1.35. The van der Waals surface area contributed by atoms with Crippen molar-refractivity contribution >= 4 is 17.6 Å². The van der Waals surface area contributed by atoms with Crippen LogP contribution in [-0.2, 0) is 10.3 Å². The van der Waals surface area contributed by atoms with Gasteiger partial charge in [-0.25, -0.2) is 9.18 Å². The van der Waals surface area contributed by atoms with Crippen molar-refractivity contribution < 1.29 is 14.0 Å². The summed E-state index contributed by atoms with van der Waals surface area (Å²) in [6, 6.07) is 12.0. The van der Waals surface area contributed by atoms with Gasteiger partial charge in [0.15, 0.2) is 5.82 Å². The minimum Gasteiger partial charge on any atom is -0.322 e. The minimum atomic E-state index is -0.588. The number of hydrogen-bond acceptors (Lipinski definition) is 4. The Labute approximate surface area is 212 Å². The normalized spacial score (nSPS) is 26.5. The maximum Gasteiger partial charge on any atom is 0.321 e. The lowest BCUT2D eigenvalue weighted by molar-refractivity contribution is -0.116. The SMILES string of the molecule is CN(C)[C@]1(c2ccccc2)CC[C@]2(CC1)CN(CC(=O)Nc1ccncc1F)C(=O)N2CC1CCC1. The van der Waals surface area contributed by atoms with Crippen LogP contribution in [0.15, 0.2) is 48.8 Å². The van der Waals surface area contributed by atoms with Gasteiger partial charge in [-0.05, 0) is 70.2 Å². The third-order valence-corrected chi connectivity index (χ3v) is 8.78. The lowest BCUT2D eigenvalue weighted by atomic mass is 9.68. The Kier molecular flexibility index (Phi) is 6.72. The minimum absolute atomic E-state index is 0.0654. The molecule has 2 saturated carbocycles. The van der Waals surface area contributed by atoms with Crippen molar-refractivity contribution in [3.05, 3.63) is 60.2 Å². The molecule has 2 aliphatic carbocycles. The van der Waals surface area contributed by atoms with Crippen molar-refractivity contribution in [1.82, 2.24) is 19.7 Å². The summed E-state index contributed by atoms with van der Waals surface area (Å²) in [5.41, 5.74) is 1.05. The first-order valence-electron chi connectivity index (χ1n) is 13.0. The van der Waals surface area contributed by atoms with Gasteiger partial charge in [-0.15, -0.1) is 0 Å². The number of amides is 3. The molecule has 1 saturated heterocycles. The topological polar surface area (TPSA) is 68.8 Å². The molecular weight excluding hydrogens is 457 g/mol. The molecule has 7 nitrogen and oxygen atoms in total. The second-order valence-corrected chi connectivity index (χ2v) is 11.0. The number of pyridine rings is 1. The molecule has 0 unspecified atom stereocenters. The van der Waals surface area contributed by atoms with Crippen molar-refractivity contribution in [2.24, 2.45) is 5.92 Å². The van der Waals surface area contributed by atoms with E-state index in [1.807, 2.05) is 6.07 Å². The monoisotopic (exact) mass is 493 g/mol. The van der Waals surface area contributed by atoms with Crippen LogP contribution in [0.5, 0.6) is 0 Å². The predicted molar refractivity (Wildman–Crippen MR) is 137 cm³/mol. The fourth-order valence-corrected chi connectivity index (χ4v) is 6.35. The number of urea groups is 1. The summed E-state index contributed by atoms with van der Waals surface area (Å²) in [6.07, 6.45) is 9.70. The summed E-state index contributed by atoms with van der Waals surface area (Å²) in [7, 11) is 4.29. The van der Waals surface area contributed by atoms with E-state index >= 15 is 0 Å². The van der Waals surface area contributed by atoms with Crippen molar-refractivity contribution in [3.8, 4) is 0 Å². The van der Waals surface area contributed by atoms with Crippen LogP contribution in [0.2, 0.25) is 0 Å². The second kappa shape index (κ2) is 9.81. The zero-order chi connectivity index (χ0) is 25.3. The number of nitrogens with one attached hydrogen (secondary N) is 1. The molecule has 192 valence electrons. The first kappa shape index (κ1) is 24.7. The summed E-state index contributed by atoms with van der Waals surface area (Å²) in [4.78, 5) is 36.2. The highest BCUT2D eigenvalue weighted by atomic mass is 19.1. The molecular formula is C28H36FN5O2. The first-order valence-corrected chi connectivity index (χ1v) is 13.0. The molecule has 1 aromatic heterocycles. The molecule has 1 aliphatic heterocycles. The molecule has 2 heterocycles. The van der Waals surface area contributed by atoms with Crippen LogP contribution in [0.4, 0.5) is 14.9 Å². The fourth-order valence-electron chi connectivity index (χ4n) is 6.35. The molecule has 2 aromatic rings. The Bertz CT molecular complexity index is 1100. The lowest BCUT2D eigenvalue weighted by Crippen LogP contribution is -2.56. The number of aromatic nitrogens is 1. The van der Waals surface area contributed by atoms with E-state index in [1.165, 1.54) is 24.2 Å². The Morgan fingerprint density at radius 3 is 2.47 bits per heavy atom. The van der Waals surface area contributed by atoms with E-state index in [-0.39, 0.29) is 29.3 Å². The van der Waals surface area contributed by atoms with E-state index in [2.05, 4.69) is 58.5 Å². The number of hydrogen-bond donors (Lipinski definition) is 1. The average Bonchev–Trinajstić information content (AvgIpc) is 3.08. The molecule has 1 N–H and O–H groups in total. The molecule has 0 radical (unpaired) electrons. The van der Waals surface area contributed by atoms with Gasteiger partial charge in [0.1, 0.15) is 6.54 Å². The van der Waals surface area contributed by atoms with Gasteiger partial charge in [-0.1, -0.05) is 36.8 Å². The quantitative estimate of drug-likeness (QED) is 0.618. The zero-order valence-corrected chi connectivity index (χ0v) is 21.3. The number of rotatable bonds is 7. The molecule has 8 heteroatoms. The van der Waals surface area contributed by atoms with Crippen LogP contribution in [0, 0.1) is 11.7 Å². The van der Waals surface area contributed by atoms with Crippen molar-refractivity contribution in [1.29, 1.82) is 0 Å². The highest BCUT2D eigenvalue weighted by molar-refractivity contribution is 5.95. The highest BCUT2D eigenvalue weighted by Gasteiger charge is 2.55. The van der Waals surface area contributed by atoms with Gasteiger partial charge < -0.3 is 15.1 Å². The van der Waals surface area contributed by atoms with Gasteiger partial charge in [0.25, 0.3) is 0 Å². The average molecular weight is 494 g/mol. The molecule has 1 spiro atoms. The van der Waals surface area contributed by atoms with Gasteiger partial charge in [-0.2, -0.15) is 0 Å². The van der Waals surface area contributed by atoms with Gasteiger partial charge in [0.2, 0.25) is 5.91 Å². The number of carbonyl (C=O) groups excluding carboxylic acids is 2. The van der Waals surface area contributed by atoms with Crippen molar-refractivity contribution in [2.45, 2.75) is 56.0 Å². The van der Waals surface area contributed by atoms with Crippen LogP contribution >= 0.6 is 0 Å². The van der Waals surface area contributed by atoms with E-state index in [9.17, 15) is 14.0 Å². The van der Waals surface area contributed by atoms with Crippen LogP contribution in [-0.4, -0.2) is 70.9 Å². The first-order chi connectivity index (χ1) is 17.3. The molecule has 1 aromatic carbocycles. The molecule has 3 amide bonds. The maximum atomic E-state index is 14.0. The molecule has 0 atom stereocenters. The van der Waals surface area contributed by atoms with E-state index in [0.29, 0.717) is 12.5 Å². The summed E-state index contributed by atoms with van der Waals surface area (Å²) in [5, 5.41) is 2.60. The van der Waals surface area contributed by atoms with Crippen molar-refractivity contribution in [2.75, 3.05) is 39.0 Å². The predicted octanol–water partition coefficient (Wildman–Crippen LogP) is 4.47. The van der Waals surface area contributed by atoms with E-state index < -0.39 is 11.7 Å². The summed E-state index contributed by atoms with van der Waals surface area (Å²) in [5.74, 6) is -0.438. The summed E-state index contributed by atoms with van der Waals surface area (Å²) < 4.78 is 14.0. The number of carbonyl (C=O) groups is 2. The summed E-state index contributed by atoms with van der Waals surface area (Å²) in [6.45, 7) is 1.21. The number of nitrogens with zero attached hydrogens (tertiary/aromatic N) is 4. The summed E-state index contributed by atoms with van der Waals surface area (Å²) >= 11 is 0. The Morgan fingerprint density at radius 1 is 1.14 bits per heavy atom. The van der Waals surface area contributed by atoms with Gasteiger partial charge in [-0.3, -0.25) is 14.7 Å². The largest absolute Gasteiger partial charge is 0.322 e. The highest BCUT2D eigenvalue weighted by Crippen LogP contribution is 2.49. The lowest BCUT2D eigenvalue weighted by Gasteiger charge is -2.51. The third-order valence-electron chi connectivity index (χ3n) is 8.78. The van der Waals surface area contributed by atoms with E-state index in [1.54, 1.807) is 4.90 Å². The zero-order valence-electron chi connectivity index (χ0n) is 21.3. The smallest absolute Gasteiger partial charge is 0.321 e. The standard InChI is InChI=1S/C28H36FN5O2/c1-32(2)28(22-9-4-3-5-10-22)14-12-27(13-15-28)20-33(26(36)34(27)18-21-7-6-8-21)19-25(35)31-24-11-16-30-17-23(24)29/h3-5,9-11,16-17,21H,6-8,12-15,18-20H2,1-2H3,(H,30,31,35)/t27-,28+. The number of anilines is 1. The van der Waals surface area contributed by atoms with E-state index in [0.717, 1.165) is 51.3 Å².